The van der Waals surface area contributed by atoms with Gasteiger partial charge in [-0.15, -0.1) is 5.06 Å². The van der Waals surface area contributed by atoms with E-state index in [1.165, 1.54) is 6.33 Å². The van der Waals surface area contributed by atoms with Gasteiger partial charge in [-0.1, -0.05) is 0 Å². The zero-order valence-corrected chi connectivity index (χ0v) is 10.5. The van der Waals surface area contributed by atoms with Crippen LogP contribution in [0.1, 0.15) is 33.2 Å². The second-order valence-electron chi connectivity index (χ2n) is 5.33. The molecule has 1 aliphatic heterocycles. The van der Waals surface area contributed by atoms with Gasteiger partial charge < -0.3 is 4.84 Å². The Balaban J connectivity index is 1.89. The van der Waals surface area contributed by atoms with Gasteiger partial charge in [-0.05, 0) is 27.2 Å². The molecule has 1 aromatic heterocycles. The molecule has 0 aliphatic carbocycles. The van der Waals surface area contributed by atoms with Crippen LogP contribution in [-0.2, 0) is 9.63 Å². The van der Waals surface area contributed by atoms with E-state index in [4.69, 9.17) is 4.84 Å². The second-order valence-corrected chi connectivity index (χ2v) is 5.33. The third-order valence-electron chi connectivity index (χ3n) is 2.76. The summed E-state index contributed by atoms with van der Waals surface area (Å²) in [4.78, 5) is 21.0. The third kappa shape index (κ3) is 2.82. The predicted molar refractivity (Wildman–Crippen MR) is 60.8 cm³/mol. The van der Waals surface area contributed by atoms with Gasteiger partial charge in [0.15, 0.2) is 0 Å². The molecular formula is C11H18N4O2. The van der Waals surface area contributed by atoms with Gasteiger partial charge in [0, 0.05) is 6.54 Å². The standard InChI is InChI=1S/C11H18N4O2/c1-11(2,3)10(16)17-14-5-4-9(6-14)15-8-12-7-13-15/h7-9H,4-6H2,1-3H3/t9-/m1/s1. The maximum absolute atomic E-state index is 11.7. The van der Waals surface area contributed by atoms with Crippen LogP contribution in [0.2, 0.25) is 0 Å². The maximum atomic E-state index is 11.7. The fraction of sp³-hybridized carbons (Fsp3) is 0.727. The third-order valence-corrected chi connectivity index (χ3v) is 2.76. The molecule has 17 heavy (non-hydrogen) atoms. The van der Waals surface area contributed by atoms with E-state index in [0.717, 1.165) is 13.0 Å². The molecule has 1 fully saturated rings. The van der Waals surface area contributed by atoms with Gasteiger partial charge >= 0.3 is 5.97 Å². The Bertz CT molecular complexity index is 383. The van der Waals surface area contributed by atoms with E-state index < -0.39 is 5.41 Å². The topological polar surface area (TPSA) is 60.2 Å². The largest absolute Gasteiger partial charge is 0.367 e. The zero-order valence-electron chi connectivity index (χ0n) is 10.5. The van der Waals surface area contributed by atoms with Gasteiger partial charge in [-0.2, -0.15) is 5.10 Å². The lowest BCUT2D eigenvalue weighted by atomic mass is 9.98. The Kier molecular flexibility index (Phi) is 3.15. The number of hydroxylamine groups is 2. The molecular weight excluding hydrogens is 220 g/mol. The van der Waals surface area contributed by atoms with Gasteiger partial charge in [0.2, 0.25) is 0 Å². The fourth-order valence-corrected chi connectivity index (χ4v) is 1.67. The van der Waals surface area contributed by atoms with Crippen LogP contribution < -0.4 is 0 Å². The summed E-state index contributed by atoms with van der Waals surface area (Å²) in [6.45, 7) is 6.96. The molecule has 94 valence electrons. The van der Waals surface area contributed by atoms with Crippen LogP contribution in [0.4, 0.5) is 0 Å². The van der Waals surface area contributed by atoms with Crippen molar-refractivity contribution in [2.24, 2.45) is 5.41 Å². The highest BCUT2D eigenvalue weighted by Gasteiger charge is 2.31. The molecule has 0 bridgehead atoms. The summed E-state index contributed by atoms with van der Waals surface area (Å²) in [5, 5.41) is 5.81. The normalized spacial score (nSPS) is 21.7. The van der Waals surface area contributed by atoms with Crippen molar-refractivity contribution in [2.45, 2.75) is 33.2 Å². The lowest BCUT2D eigenvalue weighted by Gasteiger charge is -2.21. The second kappa shape index (κ2) is 4.44. The van der Waals surface area contributed by atoms with E-state index in [2.05, 4.69) is 10.1 Å². The summed E-state index contributed by atoms with van der Waals surface area (Å²) >= 11 is 0. The first-order chi connectivity index (χ1) is 7.97. The van der Waals surface area contributed by atoms with Gasteiger partial charge in [-0.25, -0.2) is 14.5 Å². The molecule has 1 atom stereocenters. The van der Waals surface area contributed by atoms with Crippen LogP contribution in [0.3, 0.4) is 0 Å². The van der Waals surface area contributed by atoms with E-state index in [1.54, 1.807) is 11.4 Å². The van der Waals surface area contributed by atoms with Gasteiger partial charge in [0.25, 0.3) is 0 Å². The average Bonchev–Trinajstić information content (AvgIpc) is 2.83. The predicted octanol–water partition coefficient (Wildman–Crippen LogP) is 1.03. The molecule has 2 rings (SSSR count). The lowest BCUT2D eigenvalue weighted by Crippen LogP contribution is -2.32. The van der Waals surface area contributed by atoms with Gasteiger partial charge in [0.05, 0.1) is 18.0 Å². The SMILES string of the molecule is CC(C)(C)C(=O)ON1CC[C@@H](n2cncn2)C1. The molecule has 0 amide bonds. The van der Waals surface area contributed by atoms with Crippen LogP contribution in [-0.4, -0.2) is 38.9 Å². The highest BCUT2D eigenvalue weighted by molar-refractivity contribution is 5.75. The highest BCUT2D eigenvalue weighted by Crippen LogP contribution is 2.23. The molecule has 0 N–H and O–H groups in total. The number of carbonyl (C=O) groups excluding carboxylic acids is 1. The molecule has 0 aromatic carbocycles. The molecule has 0 saturated carbocycles. The molecule has 1 aliphatic rings. The van der Waals surface area contributed by atoms with Crippen LogP contribution in [0, 0.1) is 5.41 Å². The molecule has 1 saturated heterocycles. The number of hydrogen-bond donors (Lipinski definition) is 0. The van der Waals surface area contributed by atoms with E-state index >= 15 is 0 Å². The van der Waals surface area contributed by atoms with E-state index in [9.17, 15) is 4.79 Å². The summed E-state index contributed by atoms with van der Waals surface area (Å²) in [6, 6.07) is 0.241. The molecule has 6 heteroatoms. The van der Waals surface area contributed by atoms with Gasteiger partial charge in [0.1, 0.15) is 12.7 Å². The minimum absolute atomic E-state index is 0.197. The first-order valence-electron chi connectivity index (χ1n) is 5.78. The van der Waals surface area contributed by atoms with E-state index in [0.29, 0.717) is 6.54 Å². The minimum Gasteiger partial charge on any atom is -0.367 e. The summed E-state index contributed by atoms with van der Waals surface area (Å²) in [5.74, 6) is -0.197. The molecule has 0 spiro atoms. The summed E-state index contributed by atoms with van der Waals surface area (Å²) in [6.07, 6.45) is 4.13. The van der Waals surface area contributed by atoms with Crippen molar-refractivity contribution >= 4 is 5.97 Å². The number of hydrogen-bond acceptors (Lipinski definition) is 5. The van der Waals surface area contributed by atoms with Crippen LogP contribution in [0.5, 0.6) is 0 Å². The van der Waals surface area contributed by atoms with E-state index in [-0.39, 0.29) is 12.0 Å². The molecule has 6 nitrogen and oxygen atoms in total. The zero-order chi connectivity index (χ0) is 12.5. The fourth-order valence-electron chi connectivity index (χ4n) is 1.67. The van der Waals surface area contributed by atoms with Crippen LogP contribution in [0.25, 0.3) is 0 Å². The smallest absolute Gasteiger partial charge is 0.330 e. The Morgan fingerprint density at radius 2 is 2.24 bits per heavy atom. The van der Waals surface area contributed by atoms with Crippen molar-refractivity contribution < 1.29 is 9.63 Å². The Hall–Kier alpha value is -1.43. The molecule has 0 radical (unpaired) electrons. The monoisotopic (exact) mass is 238 g/mol. The summed E-state index contributed by atoms with van der Waals surface area (Å²) < 4.78 is 1.81. The number of aromatic nitrogens is 3. The maximum Gasteiger partial charge on any atom is 0.330 e. The Morgan fingerprint density at radius 3 is 2.82 bits per heavy atom. The lowest BCUT2D eigenvalue weighted by molar-refractivity contribution is -0.195. The van der Waals surface area contributed by atoms with Crippen LogP contribution in [0.15, 0.2) is 12.7 Å². The van der Waals surface area contributed by atoms with E-state index in [1.807, 2.05) is 25.5 Å². The number of nitrogens with zero attached hydrogens (tertiary/aromatic N) is 4. The molecule has 1 aromatic rings. The number of carbonyl (C=O) groups is 1. The van der Waals surface area contributed by atoms with Crippen molar-refractivity contribution in [1.82, 2.24) is 19.8 Å². The summed E-state index contributed by atoms with van der Waals surface area (Å²) in [7, 11) is 0. The van der Waals surface area contributed by atoms with Gasteiger partial charge in [-0.3, -0.25) is 0 Å². The van der Waals surface area contributed by atoms with Crippen molar-refractivity contribution in [3.63, 3.8) is 0 Å². The van der Waals surface area contributed by atoms with Crippen molar-refractivity contribution in [1.29, 1.82) is 0 Å². The quantitative estimate of drug-likeness (QED) is 0.770. The first kappa shape index (κ1) is 12.0. The van der Waals surface area contributed by atoms with Crippen molar-refractivity contribution in [3.8, 4) is 0 Å². The van der Waals surface area contributed by atoms with Crippen molar-refractivity contribution in [3.05, 3.63) is 12.7 Å². The first-order valence-corrected chi connectivity index (χ1v) is 5.78. The number of rotatable bonds is 2. The molecule has 2 heterocycles. The van der Waals surface area contributed by atoms with Crippen molar-refractivity contribution in [2.75, 3.05) is 13.1 Å². The van der Waals surface area contributed by atoms with Crippen LogP contribution >= 0.6 is 0 Å². The Morgan fingerprint density at radius 1 is 1.47 bits per heavy atom. The average molecular weight is 238 g/mol. The highest BCUT2D eigenvalue weighted by atomic mass is 16.7. The molecule has 0 unspecified atom stereocenters. The minimum atomic E-state index is -0.467. The Labute approximate surface area is 101 Å². The summed E-state index contributed by atoms with van der Waals surface area (Å²) in [5.41, 5.74) is -0.467.